The molecule has 0 saturated carbocycles. The lowest BCUT2D eigenvalue weighted by molar-refractivity contribution is -0.142. The number of carbonyl (C=O) groups is 2. The SMILES string of the molecule is Cc1cc(F)ccc1C(=O)NCC(CC(C)(C)C)C(=O)O. The van der Waals surface area contributed by atoms with Gasteiger partial charge in [-0.2, -0.15) is 0 Å². The van der Waals surface area contributed by atoms with Crippen LogP contribution in [0.4, 0.5) is 4.39 Å². The summed E-state index contributed by atoms with van der Waals surface area (Å²) in [6.07, 6.45) is 0.463. The van der Waals surface area contributed by atoms with Crippen LogP contribution in [0.5, 0.6) is 0 Å². The molecule has 1 rings (SSSR count). The number of carboxylic acids is 1. The number of rotatable bonds is 5. The van der Waals surface area contributed by atoms with Gasteiger partial charge >= 0.3 is 5.97 Å². The Morgan fingerprint density at radius 1 is 1.33 bits per heavy atom. The number of hydrogen-bond acceptors (Lipinski definition) is 2. The number of hydrogen-bond donors (Lipinski definition) is 2. The molecule has 1 aromatic rings. The number of nitrogens with one attached hydrogen (secondary N) is 1. The number of halogens is 1. The molecule has 2 N–H and O–H groups in total. The zero-order chi connectivity index (χ0) is 16.2. The lowest BCUT2D eigenvalue weighted by Crippen LogP contribution is -2.35. The van der Waals surface area contributed by atoms with Crippen LogP contribution in [0.2, 0.25) is 0 Å². The van der Waals surface area contributed by atoms with E-state index in [-0.39, 0.29) is 17.9 Å². The maximum atomic E-state index is 13.0. The molecule has 21 heavy (non-hydrogen) atoms. The molecule has 0 aliphatic carbocycles. The third-order valence-electron chi connectivity index (χ3n) is 3.15. The summed E-state index contributed by atoms with van der Waals surface area (Å²) in [5, 5.41) is 11.8. The van der Waals surface area contributed by atoms with Gasteiger partial charge in [-0.25, -0.2) is 4.39 Å². The van der Waals surface area contributed by atoms with Gasteiger partial charge in [0.15, 0.2) is 0 Å². The Hall–Kier alpha value is -1.91. The average Bonchev–Trinajstić information content (AvgIpc) is 2.32. The first-order chi connectivity index (χ1) is 9.60. The van der Waals surface area contributed by atoms with Crippen molar-refractivity contribution in [2.45, 2.75) is 34.1 Å². The summed E-state index contributed by atoms with van der Waals surface area (Å²) in [5.74, 6) is -2.36. The third kappa shape index (κ3) is 5.53. The summed E-state index contributed by atoms with van der Waals surface area (Å²) in [4.78, 5) is 23.3. The third-order valence-corrected chi connectivity index (χ3v) is 3.15. The topological polar surface area (TPSA) is 66.4 Å². The van der Waals surface area contributed by atoms with Gasteiger partial charge in [-0.15, -0.1) is 0 Å². The monoisotopic (exact) mass is 295 g/mol. The molecule has 0 aliphatic heterocycles. The minimum atomic E-state index is -0.930. The van der Waals surface area contributed by atoms with Gasteiger partial charge in [-0.05, 0) is 42.5 Å². The van der Waals surface area contributed by atoms with Crippen molar-refractivity contribution in [3.05, 3.63) is 35.1 Å². The number of amides is 1. The molecule has 4 nitrogen and oxygen atoms in total. The molecule has 0 aliphatic rings. The van der Waals surface area contributed by atoms with E-state index < -0.39 is 17.7 Å². The van der Waals surface area contributed by atoms with E-state index in [0.717, 1.165) is 0 Å². The van der Waals surface area contributed by atoms with Gasteiger partial charge in [0.25, 0.3) is 5.91 Å². The molecule has 1 aromatic carbocycles. The Bertz CT molecular complexity index is 535. The quantitative estimate of drug-likeness (QED) is 0.877. The van der Waals surface area contributed by atoms with Gasteiger partial charge in [-0.3, -0.25) is 9.59 Å². The van der Waals surface area contributed by atoms with E-state index >= 15 is 0 Å². The molecular weight excluding hydrogens is 273 g/mol. The maximum Gasteiger partial charge on any atom is 0.308 e. The Morgan fingerprint density at radius 2 is 1.95 bits per heavy atom. The molecule has 0 saturated heterocycles. The van der Waals surface area contributed by atoms with Crippen molar-refractivity contribution in [3.63, 3.8) is 0 Å². The van der Waals surface area contributed by atoms with Crippen LogP contribution in [0, 0.1) is 24.1 Å². The lowest BCUT2D eigenvalue weighted by Gasteiger charge is -2.23. The van der Waals surface area contributed by atoms with E-state index in [1.807, 2.05) is 20.8 Å². The van der Waals surface area contributed by atoms with E-state index in [1.54, 1.807) is 6.92 Å². The summed E-state index contributed by atoms with van der Waals surface area (Å²) in [5.41, 5.74) is 0.742. The molecular formula is C16H22FNO3. The second-order valence-electron chi connectivity index (χ2n) is 6.47. The fourth-order valence-electron chi connectivity index (χ4n) is 2.18. The summed E-state index contributed by atoms with van der Waals surface area (Å²) in [6.45, 7) is 7.56. The smallest absolute Gasteiger partial charge is 0.308 e. The van der Waals surface area contributed by atoms with Gasteiger partial charge in [0.1, 0.15) is 5.82 Å². The predicted octanol–water partition coefficient (Wildman–Crippen LogP) is 3.00. The first-order valence-electron chi connectivity index (χ1n) is 6.87. The van der Waals surface area contributed by atoms with Crippen molar-refractivity contribution >= 4 is 11.9 Å². The zero-order valence-electron chi connectivity index (χ0n) is 12.9. The molecule has 0 aromatic heterocycles. The highest BCUT2D eigenvalue weighted by molar-refractivity contribution is 5.95. The van der Waals surface area contributed by atoms with Crippen molar-refractivity contribution in [1.29, 1.82) is 0 Å². The van der Waals surface area contributed by atoms with Crippen LogP contribution in [-0.2, 0) is 4.79 Å². The summed E-state index contributed by atoms with van der Waals surface area (Å²) < 4.78 is 13.0. The minimum Gasteiger partial charge on any atom is -0.481 e. The van der Waals surface area contributed by atoms with Crippen LogP contribution >= 0.6 is 0 Å². The molecule has 1 unspecified atom stereocenters. The number of benzene rings is 1. The first-order valence-corrected chi connectivity index (χ1v) is 6.87. The van der Waals surface area contributed by atoms with Crippen LogP contribution in [-0.4, -0.2) is 23.5 Å². The number of carboxylic acid groups (broad SMARTS) is 1. The number of aliphatic carboxylic acids is 1. The van der Waals surface area contributed by atoms with E-state index in [9.17, 15) is 19.1 Å². The molecule has 0 bridgehead atoms. The van der Waals surface area contributed by atoms with Crippen molar-refractivity contribution < 1.29 is 19.1 Å². The highest BCUT2D eigenvalue weighted by Crippen LogP contribution is 2.24. The Morgan fingerprint density at radius 3 is 2.43 bits per heavy atom. The van der Waals surface area contributed by atoms with Crippen molar-refractivity contribution in [3.8, 4) is 0 Å². The van der Waals surface area contributed by atoms with E-state index in [4.69, 9.17) is 0 Å². The minimum absolute atomic E-state index is 0.0578. The van der Waals surface area contributed by atoms with E-state index in [1.165, 1.54) is 18.2 Å². The highest BCUT2D eigenvalue weighted by atomic mass is 19.1. The second kappa shape index (κ2) is 6.70. The van der Waals surface area contributed by atoms with E-state index in [0.29, 0.717) is 17.5 Å². The van der Waals surface area contributed by atoms with Crippen molar-refractivity contribution in [1.82, 2.24) is 5.32 Å². The van der Waals surface area contributed by atoms with Crippen LogP contribution in [0.15, 0.2) is 18.2 Å². The highest BCUT2D eigenvalue weighted by Gasteiger charge is 2.25. The molecule has 0 radical (unpaired) electrons. The lowest BCUT2D eigenvalue weighted by atomic mass is 9.84. The van der Waals surface area contributed by atoms with Gasteiger partial charge in [0.05, 0.1) is 5.92 Å². The van der Waals surface area contributed by atoms with Gasteiger partial charge in [0, 0.05) is 12.1 Å². The van der Waals surface area contributed by atoms with Gasteiger partial charge < -0.3 is 10.4 Å². The fraction of sp³-hybridized carbons (Fsp3) is 0.500. The number of aryl methyl sites for hydroxylation is 1. The Kier molecular flexibility index (Phi) is 5.47. The normalized spacial score (nSPS) is 12.8. The van der Waals surface area contributed by atoms with Gasteiger partial charge in [0.2, 0.25) is 0 Å². The molecule has 1 atom stereocenters. The standard InChI is InChI=1S/C16H22FNO3/c1-10-7-12(17)5-6-13(10)14(19)18-9-11(15(20)21)8-16(2,3)4/h5-7,11H,8-9H2,1-4H3,(H,18,19)(H,20,21). The Balaban J connectivity index is 2.71. The van der Waals surface area contributed by atoms with Crippen LogP contribution in [0.25, 0.3) is 0 Å². The van der Waals surface area contributed by atoms with Crippen LogP contribution in [0.1, 0.15) is 43.1 Å². The number of carbonyl (C=O) groups excluding carboxylic acids is 1. The second-order valence-corrected chi connectivity index (χ2v) is 6.47. The van der Waals surface area contributed by atoms with Crippen molar-refractivity contribution in [2.75, 3.05) is 6.54 Å². The summed E-state index contributed by atoms with van der Waals surface area (Å²) in [7, 11) is 0. The van der Waals surface area contributed by atoms with Crippen LogP contribution in [0.3, 0.4) is 0 Å². The predicted molar refractivity (Wildman–Crippen MR) is 78.7 cm³/mol. The molecule has 0 heterocycles. The fourth-order valence-corrected chi connectivity index (χ4v) is 2.18. The molecule has 0 spiro atoms. The zero-order valence-corrected chi connectivity index (χ0v) is 12.9. The van der Waals surface area contributed by atoms with Crippen LogP contribution < -0.4 is 5.32 Å². The molecule has 5 heteroatoms. The van der Waals surface area contributed by atoms with Crippen molar-refractivity contribution in [2.24, 2.45) is 11.3 Å². The first kappa shape index (κ1) is 17.1. The average molecular weight is 295 g/mol. The maximum absolute atomic E-state index is 13.0. The van der Waals surface area contributed by atoms with Gasteiger partial charge in [-0.1, -0.05) is 20.8 Å². The molecule has 1 amide bonds. The largest absolute Gasteiger partial charge is 0.481 e. The van der Waals surface area contributed by atoms with E-state index in [2.05, 4.69) is 5.32 Å². The molecule has 116 valence electrons. The summed E-state index contributed by atoms with van der Waals surface area (Å²) in [6, 6.07) is 3.89. The molecule has 0 fully saturated rings. The Labute approximate surface area is 124 Å². The summed E-state index contributed by atoms with van der Waals surface area (Å²) >= 11 is 0.